The Morgan fingerprint density at radius 3 is 2.85 bits per heavy atom. The van der Waals surface area contributed by atoms with Crippen molar-refractivity contribution in [2.75, 3.05) is 30.4 Å². The Morgan fingerprint density at radius 1 is 1.45 bits per heavy atom. The SMILES string of the molecule is CCNC(CSC(C)(C)C)C1CCOC2(CCSC2)C1. The van der Waals surface area contributed by atoms with Gasteiger partial charge in [-0.05, 0) is 37.5 Å². The van der Waals surface area contributed by atoms with Crippen LogP contribution in [0.4, 0.5) is 0 Å². The molecule has 2 nitrogen and oxygen atoms in total. The first-order valence-electron chi connectivity index (χ1n) is 8.03. The van der Waals surface area contributed by atoms with Crippen LogP contribution >= 0.6 is 23.5 Å². The highest BCUT2D eigenvalue weighted by molar-refractivity contribution is 8.00. The summed E-state index contributed by atoms with van der Waals surface area (Å²) in [5.74, 6) is 4.52. The molecule has 118 valence electrons. The zero-order valence-electron chi connectivity index (χ0n) is 13.5. The van der Waals surface area contributed by atoms with Crippen molar-refractivity contribution in [1.82, 2.24) is 5.32 Å². The maximum absolute atomic E-state index is 6.17. The Labute approximate surface area is 133 Å². The van der Waals surface area contributed by atoms with Crippen LogP contribution in [0.25, 0.3) is 0 Å². The number of thioether (sulfide) groups is 2. The Bertz CT molecular complexity index is 297. The molecule has 2 aliphatic rings. The van der Waals surface area contributed by atoms with E-state index in [0.717, 1.165) is 19.1 Å². The average molecular weight is 318 g/mol. The van der Waals surface area contributed by atoms with Crippen LogP contribution in [0, 0.1) is 5.92 Å². The van der Waals surface area contributed by atoms with Gasteiger partial charge in [-0.25, -0.2) is 0 Å². The molecule has 0 amide bonds. The predicted octanol–water partition coefficient (Wildman–Crippen LogP) is 3.80. The summed E-state index contributed by atoms with van der Waals surface area (Å²) in [4.78, 5) is 0. The van der Waals surface area contributed by atoms with Crippen molar-refractivity contribution >= 4 is 23.5 Å². The van der Waals surface area contributed by atoms with E-state index in [-0.39, 0.29) is 5.60 Å². The molecule has 2 heterocycles. The van der Waals surface area contributed by atoms with Crippen molar-refractivity contribution in [3.8, 4) is 0 Å². The lowest BCUT2D eigenvalue weighted by molar-refractivity contribution is -0.0837. The lowest BCUT2D eigenvalue weighted by Crippen LogP contribution is -2.48. The van der Waals surface area contributed by atoms with E-state index < -0.39 is 0 Å². The van der Waals surface area contributed by atoms with Crippen molar-refractivity contribution in [3.05, 3.63) is 0 Å². The fourth-order valence-corrected chi connectivity index (χ4v) is 5.68. The molecule has 0 aromatic rings. The standard InChI is InChI=1S/C16H31NOS2/c1-5-17-14(11-20-15(2,3)4)13-6-8-18-16(10-13)7-9-19-12-16/h13-14,17H,5-12H2,1-4H3. The molecule has 0 aromatic heterocycles. The van der Waals surface area contributed by atoms with Gasteiger partial charge in [0.05, 0.1) is 5.60 Å². The molecule has 0 saturated carbocycles. The van der Waals surface area contributed by atoms with Gasteiger partial charge in [0, 0.05) is 28.9 Å². The normalized spacial score (nSPS) is 32.7. The molecule has 0 bridgehead atoms. The molecule has 20 heavy (non-hydrogen) atoms. The van der Waals surface area contributed by atoms with Crippen LogP contribution < -0.4 is 5.32 Å². The second-order valence-electron chi connectivity index (χ2n) is 7.17. The van der Waals surface area contributed by atoms with Gasteiger partial charge in [-0.2, -0.15) is 23.5 Å². The molecule has 0 radical (unpaired) electrons. The third-order valence-corrected chi connectivity index (χ3v) is 6.94. The lowest BCUT2D eigenvalue weighted by atomic mass is 9.81. The van der Waals surface area contributed by atoms with Crippen molar-refractivity contribution in [2.24, 2.45) is 5.92 Å². The number of rotatable bonds is 5. The monoisotopic (exact) mass is 317 g/mol. The van der Waals surface area contributed by atoms with Gasteiger partial charge in [0.2, 0.25) is 0 Å². The van der Waals surface area contributed by atoms with E-state index in [1.54, 1.807) is 0 Å². The quantitative estimate of drug-likeness (QED) is 0.832. The van der Waals surface area contributed by atoms with Crippen molar-refractivity contribution < 1.29 is 4.74 Å². The maximum Gasteiger partial charge on any atom is 0.0783 e. The molecule has 1 spiro atoms. The van der Waals surface area contributed by atoms with E-state index >= 15 is 0 Å². The fraction of sp³-hybridized carbons (Fsp3) is 1.00. The molecule has 3 unspecified atom stereocenters. The Morgan fingerprint density at radius 2 is 2.25 bits per heavy atom. The lowest BCUT2D eigenvalue weighted by Gasteiger charge is -2.41. The second-order valence-corrected chi connectivity index (χ2v) is 10.1. The van der Waals surface area contributed by atoms with Gasteiger partial charge in [-0.1, -0.05) is 27.7 Å². The first kappa shape index (κ1) is 17.0. The van der Waals surface area contributed by atoms with Crippen LogP contribution in [0.1, 0.15) is 47.0 Å². The van der Waals surface area contributed by atoms with Gasteiger partial charge in [-0.3, -0.25) is 0 Å². The van der Waals surface area contributed by atoms with Crippen LogP contribution in [0.2, 0.25) is 0 Å². The van der Waals surface area contributed by atoms with E-state index in [9.17, 15) is 0 Å². The van der Waals surface area contributed by atoms with Gasteiger partial charge in [0.15, 0.2) is 0 Å². The molecule has 4 heteroatoms. The van der Waals surface area contributed by atoms with E-state index in [0.29, 0.717) is 10.8 Å². The molecule has 2 saturated heterocycles. The predicted molar refractivity (Wildman–Crippen MR) is 93.0 cm³/mol. The molecule has 2 fully saturated rings. The number of hydrogen-bond donors (Lipinski definition) is 1. The molecule has 0 aromatic carbocycles. The van der Waals surface area contributed by atoms with E-state index in [4.69, 9.17) is 4.74 Å². The van der Waals surface area contributed by atoms with Gasteiger partial charge in [0.25, 0.3) is 0 Å². The summed E-state index contributed by atoms with van der Waals surface area (Å²) in [6.45, 7) is 11.2. The Kier molecular flexibility index (Phi) is 6.16. The molecule has 2 rings (SSSR count). The summed E-state index contributed by atoms with van der Waals surface area (Å²) in [6, 6.07) is 0.649. The smallest absolute Gasteiger partial charge is 0.0783 e. The van der Waals surface area contributed by atoms with E-state index in [1.807, 2.05) is 0 Å². The summed E-state index contributed by atoms with van der Waals surface area (Å²) >= 11 is 4.17. The van der Waals surface area contributed by atoms with Crippen molar-refractivity contribution in [3.63, 3.8) is 0 Å². The van der Waals surface area contributed by atoms with Crippen LogP contribution in [0.3, 0.4) is 0 Å². The molecule has 2 aliphatic heterocycles. The molecular weight excluding hydrogens is 286 g/mol. The second kappa shape index (κ2) is 7.26. The fourth-order valence-electron chi connectivity index (χ4n) is 3.24. The van der Waals surface area contributed by atoms with Gasteiger partial charge >= 0.3 is 0 Å². The molecule has 0 aliphatic carbocycles. The minimum atomic E-state index is 0.216. The number of nitrogens with one attached hydrogen (secondary N) is 1. The van der Waals surface area contributed by atoms with Crippen molar-refractivity contribution in [1.29, 1.82) is 0 Å². The Balaban J connectivity index is 1.93. The highest BCUT2D eigenvalue weighted by atomic mass is 32.2. The van der Waals surface area contributed by atoms with Crippen LogP contribution in [0.5, 0.6) is 0 Å². The third kappa shape index (κ3) is 4.82. The zero-order valence-corrected chi connectivity index (χ0v) is 15.2. The summed E-state index contributed by atoms with van der Waals surface area (Å²) in [6.07, 6.45) is 3.76. The minimum absolute atomic E-state index is 0.216. The first-order valence-corrected chi connectivity index (χ1v) is 10.2. The van der Waals surface area contributed by atoms with E-state index in [2.05, 4.69) is 56.5 Å². The van der Waals surface area contributed by atoms with E-state index in [1.165, 1.54) is 36.5 Å². The van der Waals surface area contributed by atoms with Gasteiger partial charge in [-0.15, -0.1) is 0 Å². The van der Waals surface area contributed by atoms with Crippen LogP contribution in [0.15, 0.2) is 0 Å². The maximum atomic E-state index is 6.17. The molecule has 3 atom stereocenters. The number of ether oxygens (including phenoxy) is 1. The highest BCUT2D eigenvalue weighted by Gasteiger charge is 2.42. The van der Waals surface area contributed by atoms with Crippen LogP contribution in [-0.2, 0) is 4.74 Å². The summed E-state index contributed by atoms with van der Waals surface area (Å²) in [7, 11) is 0. The van der Waals surface area contributed by atoms with Gasteiger partial charge < -0.3 is 10.1 Å². The topological polar surface area (TPSA) is 21.3 Å². The molecular formula is C16H31NOS2. The average Bonchev–Trinajstić information content (AvgIpc) is 2.81. The first-order chi connectivity index (χ1) is 9.44. The number of hydrogen-bond acceptors (Lipinski definition) is 4. The summed E-state index contributed by atoms with van der Waals surface area (Å²) < 4.78 is 6.54. The Hall–Kier alpha value is 0.620. The molecule has 1 N–H and O–H groups in total. The van der Waals surface area contributed by atoms with Crippen LogP contribution in [-0.4, -0.2) is 46.8 Å². The summed E-state index contributed by atoms with van der Waals surface area (Å²) in [5, 5.41) is 3.75. The zero-order chi connectivity index (χ0) is 14.6. The van der Waals surface area contributed by atoms with Gasteiger partial charge in [0.1, 0.15) is 0 Å². The third-order valence-electron chi connectivity index (χ3n) is 4.33. The highest BCUT2D eigenvalue weighted by Crippen LogP contribution is 2.42. The summed E-state index contributed by atoms with van der Waals surface area (Å²) in [5.41, 5.74) is 0.216. The largest absolute Gasteiger partial charge is 0.374 e. The minimum Gasteiger partial charge on any atom is -0.374 e. The van der Waals surface area contributed by atoms with Crippen molar-refractivity contribution in [2.45, 2.75) is 63.3 Å².